The molecule has 0 aliphatic carbocycles. The van der Waals surface area contributed by atoms with Crippen molar-refractivity contribution in [3.8, 4) is 11.9 Å². The first-order valence-electron chi connectivity index (χ1n) is 8.90. The minimum Gasteiger partial charge on any atom is -0.481 e. The average Bonchev–Trinajstić information content (AvgIpc) is 3.14. The highest BCUT2D eigenvalue weighted by Crippen LogP contribution is 2.22. The van der Waals surface area contributed by atoms with Crippen molar-refractivity contribution in [1.29, 1.82) is 0 Å². The molecule has 2 N–H and O–H groups in total. The van der Waals surface area contributed by atoms with Crippen molar-refractivity contribution < 1.29 is 22.7 Å². The van der Waals surface area contributed by atoms with Crippen LogP contribution >= 0.6 is 15.9 Å². The van der Waals surface area contributed by atoms with Crippen LogP contribution in [0.1, 0.15) is 17.4 Å². The van der Waals surface area contributed by atoms with Gasteiger partial charge in [-0.15, -0.1) is 0 Å². The van der Waals surface area contributed by atoms with Gasteiger partial charge in [-0.25, -0.2) is 8.42 Å². The van der Waals surface area contributed by atoms with Crippen LogP contribution < -0.4 is 19.5 Å². The third-order valence-electron chi connectivity index (χ3n) is 4.04. The average molecular weight is 511 g/mol. The molecule has 0 spiro atoms. The SMILES string of the molecule is CCn1ncc(Br)c1C(=O)Nc1ccc(S(=O)(=O)Nc2cc(OC)nc(OC)n2)cc1. The number of hydrogen-bond donors (Lipinski definition) is 2. The third-order valence-corrected chi connectivity index (χ3v) is 6.00. The highest BCUT2D eigenvalue weighted by molar-refractivity contribution is 9.10. The molecule has 0 saturated heterocycles. The van der Waals surface area contributed by atoms with Crippen LogP contribution in [0.2, 0.25) is 0 Å². The number of benzene rings is 1. The quantitative estimate of drug-likeness (QED) is 0.471. The van der Waals surface area contributed by atoms with Crippen molar-refractivity contribution in [2.75, 3.05) is 24.3 Å². The number of methoxy groups -OCH3 is 2. The van der Waals surface area contributed by atoms with Gasteiger partial charge in [0.05, 0.1) is 29.8 Å². The Morgan fingerprint density at radius 1 is 1.16 bits per heavy atom. The number of nitrogens with one attached hydrogen (secondary N) is 2. The Balaban J connectivity index is 1.77. The second-order valence-electron chi connectivity index (χ2n) is 6.02. The van der Waals surface area contributed by atoms with Crippen LogP contribution in [-0.4, -0.2) is 48.3 Å². The third kappa shape index (κ3) is 5.11. The summed E-state index contributed by atoms with van der Waals surface area (Å²) in [6, 6.07) is 6.96. The number of halogens is 1. The van der Waals surface area contributed by atoms with Gasteiger partial charge in [0.15, 0.2) is 5.82 Å². The van der Waals surface area contributed by atoms with Gasteiger partial charge in [-0.1, -0.05) is 0 Å². The molecule has 164 valence electrons. The van der Waals surface area contributed by atoms with Gasteiger partial charge in [0, 0.05) is 18.3 Å². The monoisotopic (exact) mass is 510 g/mol. The topological polar surface area (TPSA) is 137 Å². The largest absolute Gasteiger partial charge is 0.481 e. The van der Waals surface area contributed by atoms with E-state index in [-0.39, 0.29) is 28.5 Å². The molecule has 3 aromatic rings. The van der Waals surface area contributed by atoms with Gasteiger partial charge in [-0.2, -0.15) is 15.1 Å². The van der Waals surface area contributed by atoms with Crippen molar-refractivity contribution in [2.24, 2.45) is 0 Å². The summed E-state index contributed by atoms with van der Waals surface area (Å²) in [5.74, 6) is -0.251. The second-order valence-corrected chi connectivity index (χ2v) is 8.56. The number of hydrogen-bond acceptors (Lipinski definition) is 8. The molecular weight excluding hydrogens is 492 g/mol. The summed E-state index contributed by atoms with van der Waals surface area (Å²) in [5, 5.41) is 6.82. The van der Waals surface area contributed by atoms with Crippen molar-refractivity contribution >= 4 is 43.4 Å². The molecule has 1 aromatic carbocycles. The number of rotatable bonds is 8. The first-order valence-corrected chi connectivity index (χ1v) is 11.2. The van der Waals surface area contributed by atoms with E-state index in [1.54, 1.807) is 4.68 Å². The maximum atomic E-state index is 12.7. The van der Waals surface area contributed by atoms with E-state index in [1.807, 2.05) is 6.92 Å². The molecule has 0 saturated carbocycles. The molecular formula is C18H19BrN6O5S. The number of aryl methyl sites for hydroxylation is 1. The maximum Gasteiger partial charge on any atom is 0.321 e. The van der Waals surface area contributed by atoms with Crippen molar-refractivity contribution in [1.82, 2.24) is 19.7 Å². The van der Waals surface area contributed by atoms with E-state index in [4.69, 9.17) is 9.47 Å². The Morgan fingerprint density at radius 3 is 2.48 bits per heavy atom. The summed E-state index contributed by atoms with van der Waals surface area (Å²) < 4.78 is 39.8. The molecule has 0 aliphatic rings. The molecule has 0 radical (unpaired) electrons. The van der Waals surface area contributed by atoms with Gasteiger partial charge >= 0.3 is 6.01 Å². The summed E-state index contributed by atoms with van der Waals surface area (Å²) in [7, 11) is -1.21. The number of sulfonamides is 1. The van der Waals surface area contributed by atoms with Crippen LogP contribution in [0.25, 0.3) is 0 Å². The van der Waals surface area contributed by atoms with Crippen LogP contribution in [0.3, 0.4) is 0 Å². The van der Waals surface area contributed by atoms with E-state index < -0.39 is 10.0 Å². The lowest BCUT2D eigenvalue weighted by Gasteiger charge is -2.11. The summed E-state index contributed by atoms with van der Waals surface area (Å²) in [4.78, 5) is 20.4. The fourth-order valence-electron chi connectivity index (χ4n) is 2.58. The van der Waals surface area contributed by atoms with Crippen LogP contribution in [-0.2, 0) is 16.6 Å². The summed E-state index contributed by atoms with van der Waals surface area (Å²) in [6.45, 7) is 2.39. The van der Waals surface area contributed by atoms with Gasteiger partial charge < -0.3 is 14.8 Å². The maximum absolute atomic E-state index is 12.7. The Morgan fingerprint density at radius 2 is 1.87 bits per heavy atom. The molecule has 0 atom stereocenters. The Hall–Kier alpha value is -3.19. The number of aromatic nitrogens is 4. The van der Waals surface area contributed by atoms with E-state index in [9.17, 15) is 13.2 Å². The molecule has 0 aliphatic heterocycles. The molecule has 31 heavy (non-hydrogen) atoms. The Kier molecular flexibility index (Phi) is 6.75. The Labute approximate surface area is 187 Å². The van der Waals surface area contributed by atoms with E-state index >= 15 is 0 Å². The standard InChI is InChI=1S/C18H19BrN6O5S/c1-4-25-16(13(19)10-20-25)17(26)21-11-5-7-12(8-6-11)31(27,28)24-14-9-15(29-2)23-18(22-14)30-3/h5-10H,4H2,1-3H3,(H,21,26)(H,22,23,24). The molecule has 3 rings (SSSR count). The normalized spacial score (nSPS) is 11.1. The van der Waals surface area contributed by atoms with Crippen molar-refractivity contribution in [3.05, 3.63) is 46.7 Å². The molecule has 0 bridgehead atoms. The van der Waals surface area contributed by atoms with E-state index in [0.717, 1.165) is 0 Å². The number of ether oxygens (including phenoxy) is 2. The summed E-state index contributed by atoms with van der Waals surface area (Å²) >= 11 is 3.30. The predicted octanol–water partition coefficient (Wildman–Crippen LogP) is 2.53. The zero-order valence-corrected chi connectivity index (χ0v) is 19.2. The van der Waals surface area contributed by atoms with Crippen LogP contribution in [0, 0.1) is 0 Å². The highest BCUT2D eigenvalue weighted by Gasteiger charge is 2.19. The highest BCUT2D eigenvalue weighted by atomic mass is 79.9. The number of nitrogens with zero attached hydrogens (tertiary/aromatic N) is 4. The van der Waals surface area contributed by atoms with Crippen molar-refractivity contribution in [2.45, 2.75) is 18.4 Å². The van der Waals surface area contributed by atoms with Crippen molar-refractivity contribution in [3.63, 3.8) is 0 Å². The minimum atomic E-state index is -3.95. The number of carbonyl (C=O) groups is 1. The number of amides is 1. The lowest BCUT2D eigenvalue weighted by atomic mass is 10.3. The first kappa shape index (κ1) is 22.5. The van der Waals surface area contributed by atoms with Crippen LogP contribution in [0.5, 0.6) is 11.9 Å². The van der Waals surface area contributed by atoms with Gasteiger partial charge in [-0.05, 0) is 47.1 Å². The molecule has 11 nitrogen and oxygen atoms in total. The van der Waals surface area contributed by atoms with Crippen LogP contribution in [0.15, 0.2) is 45.9 Å². The molecule has 0 fully saturated rings. The fourth-order valence-corrected chi connectivity index (χ4v) is 4.05. The number of carbonyl (C=O) groups excluding carboxylic acids is 1. The fraction of sp³-hybridized carbons (Fsp3) is 0.222. The zero-order chi connectivity index (χ0) is 22.6. The smallest absolute Gasteiger partial charge is 0.321 e. The molecule has 2 heterocycles. The lowest BCUT2D eigenvalue weighted by molar-refractivity contribution is 0.101. The van der Waals surface area contributed by atoms with Gasteiger partial charge in [0.25, 0.3) is 15.9 Å². The lowest BCUT2D eigenvalue weighted by Crippen LogP contribution is -2.18. The van der Waals surface area contributed by atoms with Gasteiger partial charge in [0.2, 0.25) is 5.88 Å². The Bertz CT molecular complexity index is 1170. The molecule has 2 aromatic heterocycles. The molecule has 0 unspecified atom stereocenters. The van der Waals surface area contributed by atoms with E-state index in [1.165, 1.54) is 50.7 Å². The van der Waals surface area contributed by atoms with Crippen LogP contribution in [0.4, 0.5) is 11.5 Å². The number of anilines is 2. The van der Waals surface area contributed by atoms with E-state index in [2.05, 4.69) is 41.0 Å². The zero-order valence-electron chi connectivity index (χ0n) is 16.8. The summed E-state index contributed by atoms with van der Waals surface area (Å²) in [5.41, 5.74) is 0.789. The summed E-state index contributed by atoms with van der Waals surface area (Å²) in [6.07, 6.45) is 1.54. The first-order chi connectivity index (χ1) is 14.8. The van der Waals surface area contributed by atoms with Gasteiger partial charge in [0.1, 0.15) is 5.69 Å². The molecule has 13 heteroatoms. The van der Waals surface area contributed by atoms with Gasteiger partial charge in [-0.3, -0.25) is 14.2 Å². The minimum absolute atomic E-state index is 0.0150. The molecule has 1 amide bonds. The second kappa shape index (κ2) is 9.31. The van der Waals surface area contributed by atoms with E-state index in [0.29, 0.717) is 22.4 Å². The predicted molar refractivity (Wildman–Crippen MR) is 116 cm³/mol.